The van der Waals surface area contributed by atoms with E-state index in [-0.39, 0.29) is 5.91 Å². The number of carbonyl (C=O) groups excluding carboxylic acids is 1. The molecule has 2 heterocycles. The van der Waals surface area contributed by atoms with Gasteiger partial charge in [0.2, 0.25) is 5.91 Å². The SMILES string of the molecule is CN(C)CC(=O)NCCc1nc(-c2ccccn2)cs1. The molecular formula is C14H18N4OS. The van der Waals surface area contributed by atoms with Crippen molar-refractivity contribution in [1.29, 1.82) is 0 Å². The lowest BCUT2D eigenvalue weighted by Gasteiger charge is -2.09. The zero-order valence-corrected chi connectivity index (χ0v) is 12.5. The summed E-state index contributed by atoms with van der Waals surface area (Å²) in [5.74, 6) is 0.0384. The number of nitrogens with one attached hydrogen (secondary N) is 1. The Hall–Kier alpha value is -1.79. The Kier molecular flexibility index (Phi) is 5.20. The maximum Gasteiger partial charge on any atom is 0.234 e. The summed E-state index contributed by atoms with van der Waals surface area (Å²) in [6, 6.07) is 5.78. The third-order valence-corrected chi connectivity index (χ3v) is 3.51. The average Bonchev–Trinajstić information content (AvgIpc) is 2.88. The first-order valence-electron chi connectivity index (χ1n) is 6.42. The number of pyridine rings is 1. The first-order chi connectivity index (χ1) is 9.65. The molecule has 1 N–H and O–H groups in total. The summed E-state index contributed by atoms with van der Waals surface area (Å²) in [6.07, 6.45) is 2.51. The predicted molar refractivity (Wildman–Crippen MR) is 80.6 cm³/mol. The maximum atomic E-state index is 11.5. The molecule has 0 saturated heterocycles. The van der Waals surface area contributed by atoms with Crippen LogP contribution in [0.5, 0.6) is 0 Å². The Balaban J connectivity index is 1.83. The number of carbonyl (C=O) groups is 1. The highest BCUT2D eigenvalue weighted by Gasteiger charge is 2.06. The van der Waals surface area contributed by atoms with Crippen molar-refractivity contribution in [3.8, 4) is 11.4 Å². The molecule has 0 fully saturated rings. The van der Waals surface area contributed by atoms with Crippen LogP contribution in [0.1, 0.15) is 5.01 Å². The van der Waals surface area contributed by atoms with Crippen LogP contribution in [0, 0.1) is 0 Å². The summed E-state index contributed by atoms with van der Waals surface area (Å²) >= 11 is 1.60. The molecule has 0 unspecified atom stereocenters. The predicted octanol–water partition coefficient (Wildman–Crippen LogP) is 1.43. The van der Waals surface area contributed by atoms with E-state index in [1.54, 1.807) is 17.5 Å². The fourth-order valence-electron chi connectivity index (χ4n) is 1.71. The summed E-state index contributed by atoms with van der Waals surface area (Å²) in [5.41, 5.74) is 1.77. The van der Waals surface area contributed by atoms with E-state index in [9.17, 15) is 4.79 Å². The zero-order valence-electron chi connectivity index (χ0n) is 11.7. The minimum absolute atomic E-state index is 0.0384. The molecule has 6 heteroatoms. The Morgan fingerprint density at radius 2 is 2.20 bits per heavy atom. The number of hydrogen-bond acceptors (Lipinski definition) is 5. The molecule has 0 bridgehead atoms. The summed E-state index contributed by atoms with van der Waals surface area (Å²) in [6.45, 7) is 1.03. The van der Waals surface area contributed by atoms with Crippen LogP contribution in [0.15, 0.2) is 29.8 Å². The number of hydrogen-bond donors (Lipinski definition) is 1. The largest absolute Gasteiger partial charge is 0.355 e. The van der Waals surface area contributed by atoms with Gasteiger partial charge in [-0.1, -0.05) is 6.07 Å². The molecule has 2 aromatic rings. The molecule has 20 heavy (non-hydrogen) atoms. The molecule has 1 amide bonds. The highest BCUT2D eigenvalue weighted by Crippen LogP contribution is 2.19. The quantitative estimate of drug-likeness (QED) is 0.874. The molecule has 0 aromatic carbocycles. The van der Waals surface area contributed by atoms with Crippen molar-refractivity contribution in [3.63, 3.8) is 0 Å². The van der Waals surface area contributed by atoms with Crippen molar-refractivity contribution in [2.24, 2.45) is 0 Å². The second-order valence-corrected chi connectivity index (χ2v) is 5.62. The Labute approximate surface area is 122 Å². The Morgan fingerprint density at radius 1 is 1.35 bits per heavy atom. The molecule has 0 aliphatic carbocycles. The van der Waals surface area contributed by atoms with Gasteiger partial charge in [-0.05, 0) is 26.2 Å². The number of amides is 1. The van der Waals surface area contributed by atoms with Crippen molar-refractivity contribution >= 4 is 17.2 Å². The third kappa shape index (κ3) is 4.40. The monoisotopic (exact) mass is 290 g/mol. The minimum Gasteiger partial charge on any atom is -0.355 e. The number of aromatic nitrogens is 2. The van der Waals surface area contributed by atoms with E-state index < -0.39 is 0 Å². The van der Waals surface area contributed by atoms with Crippen LogP contribution in [0.25, 0.3) is 11.4 Å². The smallest absolute Gasteiger partial charge is 0.234 e. The fourth-order valence-corrected chi connectivity index (χ4v) is 2.50. The summed E-state index contributed by atoms with van der Waals surface area (Å²) in [7, 11) is 3.75. The van der Waals surface area contributed by atoms with Crippen LogP contribution < -0.4 is 5.32 Å². The van der Waals surface area contributed by atoms with E-state index >= 15 is 0 Å². The lowest BCUT2D eigenvalue weighted by molar-refractivity contribution is -0.121. The van der Waals surface area contributed by atoms with Gasteiger partial charge in [0.15, 0.2) is 0 Å². The highest BCUT2D eigenvalue weighted by molar-refractivity contribution is 7.09. The van der Waals surface area contributed by atoms with Gasteiger partial charge >= 0.3 is 0 Å². The first-order valence-corrected chi connectivity index (χ1v) is 7.30. The molecule has 0 radical (unpaired) electrons. The molecule has 2 rings (SSSR count). The van der Waals surface area contributed by atoms with Crippen LogP contribution in [0.3, 0.4) is 0 Å². The van der Waals surface area contributed by atoms with Crippen LogP contribution in [-0.4, -0.2) is 48.0 Å². The van der Waals surface area contributed by atoms with Crippen LogP contribution in [0.4, 0.5) is 0 Å². The van der Waals surface area contributed by atoms with Crippen molar-refractivity contribution in [3.05, 3.63) is 34.8 Å². The molecular weight excluding hydrogens is 272 g/mol. The third-order valence-electron chi connectivity index (χ3n) is 2.60. The van der Waals surface area contributed by atoms with Gasteiger partial charge in [-0.2, -0.15) is 0 Å². The molecule has 0 atom stereocenters. The normalized spacial score (nSPS) is 10.8. The molecule has 0 spiro atoms. The first kappa shape index (κ1) is 14.6. The Bertz CT molecular complexity index is 553. The van der Waals surface area contributed by atoms with Crippen LogP contribution in [0.2, 0.25) is 0 Å². The molecule has 0 saturated carbocycles. The standard InChI is InChI=1S/C14H18N4OS/c1-18(2)9-13(19)16-8-6-14-17-12(10-20-14)11-5-3-4-7-15-11/h3-5,7,10H,6,8-9H2,1-2H3,(H,16,19). The number of rotatable bonds is 6. The van der Waals surface area contributed by atoms with E-state index in [4.69, 9.17) is 0 Å². The van der Waals surface area contributed by atoms with Crippen LogP contribution in [-0.2, 0) is 11.2 Å². The zero-order chi connectivity index (χ0) is 14.4. The van der Waals surface area contributed by atoms with Crippen LogP contribution >= 0.6 is 11.3 Å². The van der Waals surface area contributed by atoms with Gasteiger partial charge in [-0.25, -0.2) is 4.98 Å². The molecule has 0 aliphatic rings. The summed E-state index contributed by atoms with van der Waals surface area (Å²) < 4.78 is 0. The van der Waals surface area contributed by atoms with Crippen molar-refractivity contribution in [2.45, 2.75) is 6.42 Å². The van der Waals surface area contributed by atoms with E-state index in [1.165, 1.54) is 0 Å². The van der Waals surface area contributed by atoms with Gasteiger partial charge in [-0.3, -0.25) is 9.78 Å². The lowest BCUT2D eigenvalue weighted by atomic mass is 10.3. The highest BCUT2D eigenvalue weighted by atomic mass is 32.1. The van der Waals surface area contributed by atoms with Gasteiger partial charge < -0.3 is 10.2 Å². The number of likely N-dealkylation sites (N-methyl/N-ethyl adjacent to an activating group) is 1. The number of thiazole rings is 1. The number of nitrogens with zero attached hydrogens (tertiary/aromatic N) is 3. The molecule has 0 aliphatic heterocycles. The van der Waals surface area contributed by atoms with Gasteiger partial charge in [0.05, 0.1) is 22.9 Å². The van der Waals surface area contributed by atoms with E-state index in [0.29, 0.717) is 13.1 Å². The molecule has 2 aromatic heterocycles. The molecule has 106 valence electrons. The lowest BCUT2D eigenvalue weighted by Crippen LogP contribution is -2.34. The van der Waals surface area contributed by atoms with Gasteiger partial charge in [-0.15, -0.1) is 11.3 Å². The maximum absolute atomic E-state index is 11.5. The Morgan fingerprint density at radius 3 is 2.90 bits per heavy atom. The van der Waals surface area contributed by atoms with E-state index in [1.807, 2.05) is 42.6 Å². The second kappa shape index (κ2) is 7.12. The van der Waals surface area contributed by atoms with Crippen molar-refractivity contribution < 1.29 is 4.79 Å². The summed E-state index contributed by atoms with van der Waals surface area (Å²) in [4.78, 5) is 22.1. The average molecular weight is 290 g/mol. The molecule has 5 nitrogen and oxygen atoms in total. The van der Waals surface area contributed by atoms with E-state index in [2.05, 4.69) is 15.3 Å². The van der Waals surface area contributed by atoms with Gasteiger partial charge in [0.25, 0.3) is 0 Å². The summed E-state index contributed by atoms with van der Waals surface area (Å²) in [5, 5.41) is 5.89. The topological polar surface area (TPSA) is 58.1 Å². The van der Waals surface area contributed by atoms with Crippen molar-refractivity contribution in [1.82, 2.24) is 20.2 Å². The second-order valence-electron chi connectivity index (χ2n) is 4.68. The minimum atomic E-state index is 0.0384. The van der Waals surface area contributed by atoms with Crippen molar-refractivity contribution in [2.75, 3.05) is 27.2 Å². The van der Waals surface area contributed by atoms with E-state index in [0.717, 1.165) is 22.8 Å². The van der Waals surface area contributed by atoms with Gasteiger partial charge in [0, 0.05) is 24.5 Å². The van der Waals surface area contributed by atoms with Gasteiger partial charge in [0.1, 0.15) is 0 Å². The fraction of sp³-hybridized carbons (Fsp3) is 0.357.